The minimum absolute atomic E-state index is 0.202. The highest BCUT2D eigenvalue weighted by Crippen LogP contribution is 2.41. The Balaban J connectivity index is 1.80. The maximum absolute atomic E-state index is 13.3. The Bertz CT molecular complexity index is 1010. The molecule has 1 aromatic rings. The molecule has 0 N–H and O–H groups in total. The highest BCUT2D eigenvalue weighted by Gasteiger charge is 2.55. The summed E-state index contributed by atoms with van der Waals surface area (Å²) in [7, 11) is 1.69. The fourth-order valence-electron chi connectivity index (χ4n) is 4.14. The summed E-state index contributed by atoms with van der Waals surface area (Å²) >= 11 is 6.26. The maximum Gasteiger partial charge on any atom is 0.328 e. The van der Waals surface area contributed by atoms with Crippen LogP contribution in [0.2, 0.25) is 5.02 Å². The van der Waals surface area contributed by atoms with Gasteiger partial charge in [0.25, 0.3) is 5.91 Å². The smallest absolute Gasteiger partial charge is 0.302 e. The fraction of sp³-hybridized carbons (Fsp3) is 0.381. The first-order chi connectivity index (χ1) is 13.6. The van der Waals surface area contributed by atoms with Gasteiger partial charge in [-0.15, -0.1) is 0 Å². The number of guanidine groups is 1. The highest BCUT2D eigenvalue weighted by molar-refractivity contribution is 6.31. The zero-order valence-corrected chi connectivity index (χ0v) is 18.0. The van der Waals surface area contributed by atoms with Crippen molar-refractivity contribution in [1.29, 1.82) is 0 Å². The van der Waals surface area contributed by atoms with Crippen molar-refractivity contribution >= 4 is 35.2 Å². The van der Waals surface area contributed by atoms with Crippen molar-refractivity contribution in [2.45, 2.75) is 39.9 Å². The number of benzene rings is 1. The maximum atomic E-state index is 13.3. The molecule has 0 bridgehead atoms. The molecule has 4 rings (SSSR count). The van der Waals surface area contributed by atoms with Gasteiger partial charge < -0.3 is 4.90 Å². The van der Waals surface area contributed by atoms with Crippen LogP contribution in [0.4, 0.5) is 10.5 Å². The molecule has 7 nitrogen and oxygen atoms in total. The quantitative estimate of drug-likeness (QED) is 0.711. The number of allylic oxidation sites excluding steroid dienone is 2. The minimum Gasteiger partial charge on any atom is -0.302 e. The molecule has 0 aliphatic carbocycles. The van der Waals surface area contributed by atoms with E-state index in [9.17, 15) is 9.59 Å². The summed E-state index contributed by atoms with van der Waals surface area (Å²) < 4.78 is 0. The second-order valence-electron chi connectivity index (χ2n) is 7.87. The van der Waals surface area contributed by atoms with E-state index in [0.29, 0.717) is 11.0 Å². The van der Waals surface area contributed by atoms with Gasteiger partial charge in [0.15, 0.2) is 12.2 Å². The summed E-state index contributed by atoms with van der Waals surface area (Å²) in [6.07, 6.45) is -0.573. The predicted octanol–water partition coefficient (Wildman–Crippen LogP) is 3.56. The van der Waals surface area contributed by atoms with E-state index in [4.69, 9.17) is 16.6 Å². The number of urea groups is 1. The van der Waals surface area contributed by atoms with Gasteiger partial charge in [0.1, 0.15) is 0 Å². The molecular formula is C21H24ClN5O2. The fourth-order valence-corrected chi connectivity index (χ4v) is 4.31. The van der Waals surface area contributed by atoms with Gasteiger partial charge in [0, 0.05) is 23.5 Å². The molecule has 1 aromatic carbocycles. The number of hydrogen-bond donors (Lipinski definition) is 0. The average Bonchev–Trinajstić information content (AvgIpc) is 3.15. The van der Waals surface area contributed by atoms with Crippen LogP contribution in [0, 0.1) is 6.92 Å². The van der Waals surface area contributed by atoms with Gasteiger partial charge in [-0.3, -0.25) is 19.5 Å². The summed E-state index contributed by atoms with van der Waals surface area (Å²) in [6, 6.07) is 4.76. The zero-order chi connectivity index (χ0) is 21.2. The van der Waals surface area contributed by atoms with Gasteiger partial charge in [0.2, 0.25) is 5.96 Å². The molecule has 29 heavy (non-hydrogen) atoms. The number of carbonyl (C=O) groups excluding carboxylic acids is 2. The van der Waals surface area contributed by atoms with Gasteiger partial charge >= 0.3 is 6.03 Å². The van der Waals surface area contributed by atoms with Crippen LogP contribution < -0.4 is 4.90 Å². The predicted molar refractivity (Wildman–Crippen MR) is 114 cm³/mol. The van der Waals surface area contributed by atoms with Crippen LogP contribution in [0.15, 0.2) is 46.7 Å². The summed E-state index contributed by atoms with van der Waals surface area (Å²) in [4.78, 5) is 37.7. The molecule has 3 aliphatic heterocycles. The van der Waals surface area contributed by atoms with Crippen molar-refractivity contribution in [3.8, 4) is 0 Å². The number of rotatable bonds is 3. The number of aliphatic imine (C=N–C) groups is 1. The average molecular weight is 414 g/mol. The molecular weight excluding hydrogens is 390 g/mol. The first-order valence-corrected chi connectivity index (χ1v) is 9.84. The summed E-state index contributed by atoms with van der Waals surface area (Å²) in [6.45, 7) is 11.8. The molecule has 2 atom stereocenters. The first kappa shape index (κ1) is 19.5. The molecule has 0 radical (unpaired) electrons. The van der Waals surface area contributed by atoms with Crippen molar-refractivity contribution < 1.29 is 9.59 Å². The summed E-state index contributed by atoms with van der Waals surface area (Å²) in [5.74, 6) is 0.391. The lowest BCUT2D eigenvalue weighted by Crippen LogP contribution is -2.64. The van der Waals surface area contributed by atoms with E-state index in [-0.39, 0.29) is 18.5 Å². The number of likely N-dealkylation sites (N-methyl/N-ethyl adjacent to an activating group) is 1. The summed E-state index contributed by atoms with van der Waals surface area (Å²) in [5, 5.41) is 0.626. The second-order valence-corrected chi connectivity index (χ2v) is 8.31. The van der Waals surface area contributed by atoms with Gasteiger partial charge in [-0.25, -0.2) is 9.79 Å². The lowest BCUT2D eigenvalue weighted by atomic mass is 10.1. The number of aryl methyl sites for hydroxylation is 1. The largest absolute Gasteiger partial charge is 0.328 e. The van der Waals surface area contributed by atoms with E-state index >= 15 is 0 Å². The normalized spacial score (nSPS) is 23.7. The van der Waals surface area contributed by atoms with Crippen molar-refractivity contribution in [2.24, 2.45) is 4.99 Å². The Kier molecular flexibility index (Phi) is 4.46. The molecule has 0 aromatic heterocycles. The lowest BCUT2D eigenvalue weighted by molar-refractivity contribution is -0.136. The highest BCUT2D eigenvalue weighted by atomic mass is 35.5. The van der Waals surface area contributed by atoms with Crippen LogP contribution in [0.3, 0.4) is 0 Å². The van der Waals surface area contributed by atoms with Crippen LogP contribution >= 0.6 is 11.6 Å². The Morgan fingerprint density at radius 2 is 1.90 bits per heavy atom. The lowest BCUT2D eigenvalue weighted by Gasteiger charge is -2.40. The summed E-state index contributed by atoms with van der Waals surface area (Å²) in [5.41, 5.74) is 4.61. The van der Waals surface area contributed by atoms with E-state index < -0.39 is 12.2 Å². The van der Waals surface area contributed by atoms with Crippen molar-refractivity contribution in [2.75, 3.05) is 18.5 Å². The van der Waals surface area contributed by atoms with Gasteiger partial charge in [-0.2, -0.15) is 0 Å². The second kappa shape index (κ2) is 6.62. The molecule has 2 unspecified atom stereocenters. The van der Waals surface area contributed by atoms with E-state index in [2.05, 4.69) is 6.58 Å². The number of halogens is 1. The number of hydrogen-bond acceptors (Lipinski definition) is 5. The van der Waals surface area contributed by atoms with Crippen LogP contribution in [0.25, 0.3) is 0 Å². The van der Waals surface area contributed by atoms with Crippen molar-refractivity contribution in [3.63, 3.8) is 0 Å². The molecule has 0 spiro atoms. The Morgan fingerprint density at radius 1 is 1.21 bits per heavy atom. The molecule has 152 valence electrons. The Labute approximate surface area is 175 Å². The number of fused-ring (bicyclic) bond motifs is 3. The van der Waals surface area contributed by atoms with Gasteiger partial charge in [-0.1, -0.05) is 29.8 Å². The van der Waals surface area contributed by atoms with Crippen LogP contribution in [0.1, 0.15) is 26.3 Å². The van der Waals surface area contributed by atoms with Crippen molar-refractivity contribution in [1.82, 2.24) is 14.7 Å². The molecule has 1 saturated heterocycles. The number of imide groups is 1. The third-order valence-electron chi connectivity index (χ3n) is 5.73. The number of nitrogens with zero attached hydrogens (tertiary/aromatic N) is 5. The monoisotopic (exact) mass is 413 g/mol. The first-order valence-electron chi connectivity index (χ1n) is 9.46. The number of amides is 3. The number of anilines is 1. The molecule has 8 heteroatoms. The van der Waals surface area contributed by atoms with Crippen LogP contribution in [-0.4, -0.2) is 58.4 Å². The molecule has 0 saturated carbocycles. The Morgan fingerprint density at radius 3 is 2.55 bits per heavy atom. The molecule has 3 amide bonds. The third-order valence-corrected chi connectivity index (χ3v) is 5.97. The third kappa shape index (κ3) is 2.75. The zero-order valence-electron chi connectivity index (χ0n) is 17.2. The minimum atomic E-state index is -0.591. The van der Waals surface area contributed by atoms with E-state index in [1.54, 1.807) is 14.0 Å². The van der Waals surface area contributed by atoms with E-state index in [1.165, 1.54) is 9.80 Å². The molecule has 1 fully saturated rings. The molecule has 3 aliphatic rings. The van der Waals surface area contributed by atoms with Crippen LogP contribution in [-0.2, 0) is 4.79 Å². The number of carbonyl (C=O) groups is 2. The van der Waals surface area contributed by atoms with Crippen LogP contribution in [0.5, 0.6) is 0 Å². The van der Waals surface area contributed by atoms with E-state index in [0.717, 1.165) is 28.2 Å². The molecule has 3 heterocycles. The van der Waals surface area contributed by atoms with Crippen molar-refractivity contribution in [3.05, 3.63) is 52.3 Å². The topological polar surface area (TPSA) is 59.5 Å². The SMILES string of the molecule is C=C(C)CN1C(=O)C2C(N=C3N(c4cc(Cl)ccc4C)C(C)=C(C)N32)N(C)C1=O. The van der Waals surface area contributed by atoms with Gasteiger partial charge in [0.05, 0.1) is 12.2 Å². The Hall–Kier alpha value is -2.80. The van der Waals surface area contributed by atoms with E-state index in [1.807, 2.05) is 48.8 Å². The van der Waals surface area contributed by atoms with Gasteiger partial charge in [-0.05, 0) is 45.4 Å². The standard InChI is InChI=1S/C21H24ClN5O2/c1-11(2)10-25-19(28)17-18(24(6)21(25)29)23-20-26(13(4)14(5)27(17)20)16-9-15(22)8-7-12(16)3/h7-9,17-18H,1,10H2,2-6H3.